The number of hydrogen-bond acceptors (Lipinski definition) is 2. The molecule has 3 heteroatoms. The summed E-state index contributed by atoms with van der Waals surface area (Å²) >= 11 is 0. The summed E-state index contributed by atoms with van der Waals surface area (Å²) in [5, 5.41) is 0. The highest BCUT2D eigenvalue weighted by Crippen LogP contribution is 2.24. The monoisotopic (exact) mass is 302 g/mol. The van der Waals surface area contributed by atoms with Gasteiger partial charge in [-0.1, -0.05) is 52.0 Å². The van der Waals surface area contributed by atoms with Crippen LogP contribution in [0.4, 0.5) is 0 Å². The van der Waals surface area contributed by atoms with Crippen molar-refractivity contribution in [2.24, 2.45) is 0 Å². The van der Waals surface area contributed by atoms with Crippen LogP contribution in [0.1, 0.15) is 50.7 Å². The summed E-state index contributed by atoms with van der Waals surface area (Å²) in [7, 11) is -3.42. The van der Waals surface area contributed by atoms with Crippen molar-refractivity contribution >= 4 is 9.84 Å². The fourth-order valence-corrected chi connectivity index (χ4v) is 3.46. The van der Waals surface area contributed by atoms with E-state index in [4.69, 9.17) is 0 Å². The fraction of sp³-hybridized carbons (Fsp3) is 0.333. The summed E-state index contributed by atoms with van der Waals surface area (Å²) in [6.45, 7) is 8.37. The van der Waals surface area contributed by atoms with E-state index in [9.17, 15) is 8.42 Å². The van der Waals surface area contributed by atoms with Gasteiger partial charge in [-0.2, -0.15) is 0 Å². The van der Waals surface area contributed by atoms with Gasteiger partial charge in [-0.15, -0.1) is 0 Å². The van der Waals surface area contributed by atoms with E-state index >= 15 is 0 Å². The molecule has 0 atom stereocenters. The van der Waals surface area contributed by atoms with Gasteiger partial charge in [-0.3, -0.25) is 0 Å². The smallest absolute Gasteiger partial charge is 0.206 e. The first-order valence-electron chi connectivity index (χ1n) is 7.27. The second-order valence-corrected chi connectivity index (χ2v) is 7.90. The normalized spacial score (nSPS) is 12.1. The predicted octanol–water partition coefficient (Wildman–Crippen LogP) is 4.77. The molecular formula is C18H22O2S. The van der Waals surface area contributed by atoms with E-state index in [1.165, 1.54) is 0 Å². The lowest BCUT2D eigenvalue weighted by molar-refractivity contribution is 0.596. The second-order valence-electron chi connectivity index (χ2n) is 5.95. The van der Waals surface area contributed by atoms with Crippen LogP contribution >= 0.6 is 0 Å². The molecule has 0 unspecified atom stereocenters. The van der Waals surface area contributed by atoms with Crippen LogP contribution in [-0.4, -0.2) is 8.42 Å². The van der Waals surface area contributed by atoms with Gasteiger partial charge in [-0.25, -0.2) is 8.42 Å². The van der Waals surface area contributed by atoms with Crippen molar-refractivity contribution in [2.45, 2.75) is 49.3 Å². The molecule has 0 heterocycles. The van der Waals surface area contributed by atoms with Gasteiger partial charge in [0.15, 0.2) is 0 Å². The van der Waals surface area contributed by atoms with Crippen LogP contribution in [0, 0.1) is 0 Å². The van der Waals surface area contributed by atoms with Crippen molar-refractivity contribution in [1.82, 2.24) is 0 Å². The lowest BCUT2D eigenvalue weighted by atomic mass is 10.0. The molecule has 0 amide bonds. The van der Waals surface area contributed by atoms with Gasteiger partial charge in [0.2, 0.25) is 9.84 Å². The van der Waals surface area contributed by atoms with Gasteiger partial charge < -0.3 is 0 Å². The maximum Gasteiger partial charge on any atom is 0.206 e. The Morgan fingerprint density at radius 3 is 1.14 bits per heavy atom. The number of hydrogen-bond donors (Lipinski definition) is 0. The molecule has 0 aromatic heterocycles. The standard InChI is InChI=1S/C18H22O2S/c1-13(2)15-5-9-17(10-6-15)21(19,20)18-11-7-16(8-12-18)14(3)4/h5-14H,1-4H3. The quantitative estimate of drug-likeness (QED) is 0.815. The van der Waals surface area contributed by atoms with Crippen molar-refractivity contribution < 1.29 is 8.42 Å². The summed E-state index contributed by atoms with van der Waals surface area (Å²) in [4.78, 5) is 0.702. The van der Waals surface area contributed by atoms with Crippen LogP contribution in [0.25, 0.3) is 0 Å². The second kappa shape index (κ2) is 6.02. The lowest BCUT2D eigenvalue weighted by Gasteiger charge is -2.10. The minimum atomic E-state index is -3.42. The molecule has 2 rings (SSSR count). The maximum atomic E-state index is 12.6. The largest absolute Gasteiger partial charge is 0.219 e. The van der Waals surface area contributed by atoms with Crippen molar-refractivity contribution in [3.63, 3.8) is 0 Å². The van der Waals surface area contributed by atoms with E-state index in [2.05, 4.69) is 27.7 Å². The van der Waals surface area contributed by atoms with Crippen LogP contribution in [0.15, 0.2) is 58.3 Å². The van der Waals surface area contributed by atoms with Gasteiger partial charge in [0.25, 0.3) is 0 Å². The zero-order valence-corrected chi connectivity index (χ0v) is 13.8. The van der Waals surface area contributed by atoms with E-state index < -0.39 is 9.84 Å². The fourth-order valence-electron chi connectivity index (χ4n) is 2.20. The molecule has 0 radical (unpaired) electrons. The van der Waals surface area contributed by atoms with Crippen LogP contribution < -0.4 is 0 Å². The Kier molecular flexibility index (Phi) is 4.52. The SMILES string of the molecule is CC(C)c1ccc(S(=O)(=O)c2ccc(C(C)C)cc2)cc1. The first kappa shape index (κ1) is 15.8. The minimum absolute atomic E-state index is 0.351. The molecule has 0 fully saturated rings. The zero-order chi connectivity index (χ0) is 15.6. The molecule has 2 aromatic carbocycles. The van der Waals surface area contributed by atoms with Gasteiger partial charge >= 0.3 is 0 Å². The third kappa shape index (κ3) is 3.35. The molecule has 0 aliphatic heterocycles. The van der Waals surface area contributed by atoms with Gasteiger partial charge in [0.05, 0.1) is 9.79 Å². The molecular weight excluding hydrogens is 280 g/mol. The Morgan fingerprint density at radius 1 is 0.619 bits per heavy atom. The van der Waals surface area contributed by atoms with Crippen molar-refractivity contribution in [3.8, 4) is 0 Å². The summed E-state index contributed by atoms with van der Waals surface area (Å²) in [6, 6.07) is 14.3. The van der Waals surface area contributed by atoms with Crippen LogP contribution in [0.2, 0.25) is 0 Å². The first-order chi connectivity index (χ1) is 9.82. The Bertz CT molecular complexity index is 636. The summed E-state index contributed by atoms with van der Waals surface area (Å²) in [5.41, 5.74) is 2.29. The molecule has 2 aromatic rings. The number of benzene rings is 2. The van der Waals surface area contributed by atoms with Crippen molar-refractivity contribution in [1.29, 1.82) is 0 Å². The van der Waals surface area contributed by atoms with Gasteiger partial charge in [0, 0.05) is 0 Å². The average molecular weight is 302 g/mol. The topological polar surface area (TPSA) is 34.1 Å². The third-order valence-corrected chi connectivity index (χ3v) is 5.50. The maximum absolute atomic E-state index is 12.6. The number of rotatable bonds is 4. The Morgan fingerprint density at radius 2 is 0.905 bits per heavy atom. The Labute approximate surface area is 127 Å². The molecule has 0 N–H and O–H groups in total. The highest BCUT2D eigenvalue weighted by atomic mass is 32.2. The van der Waals surface area contributed by atoms with Gasteiger partial charge in [0.1, 0.15) is 0 Å². The van der Waals surface area contributed by atoms with Crippen molar-refractivity contribution in [3.05, 3.63) is 59.7 Å². The zero-order valence-electron chi connectivity index (χ0n) is 13.0. The van der Waals surface area contributed by atoms with Crippen LogP contribution in [0.3, 0.4) is 0 Å². The lowest BCUT2D eigenvalue weighted by Crippen LogP contribution is -2.02. The van der Waals surface area contributed by atoms with Gasteiger partial charge in [-0.05, 0) is 47.2 Å². The molecule has 0 aliphatic rings. The van der Waals surface area contributed by atoms with Crippen LogP contribution in [0.5, 0.6) is 0 Å². The van der Waals surface area contributed by atoms with Crippen molar-refractivity contribution in [2.75, 3.05) is 0 Å². The molecule has 0 saturated carbocycles. The average Bonchev–Trinajstić information content (AvgIpc) is 2.47. The predicted molar refractivity (Wildman–Crippen MR) is 86.5 cm³/mol. The molecule has 0 aliphatic carbocycles. The first-order valence-corrected chi connectivity index (χ1v) is 8.75. The van der Waals surface area contributed by atoms with Crippen LogP contribution in [-0.2, 0) is 9.84 Å². The summed E-state index contributed by atoms with van der Waals surface area (Å²) in [5.74, 6) is 0.791. The molecule has 2 nitrogen and oxygen atoms in total. The Balaban J connectivity index is 2.37. The minimum Gasteiger partial charge on any atom is -0.219 e. The molecule has 112 valence electrons. The summed E-state index contributed by atoms with van der Waals surface area (Å²) < 4.78 is 25.2. The molecule has 0 spiro atoms. The van der Waals surface area contributed by atoms with E-state index in [0.717, 1.165) is 11.1 Å². The Hall–Kier alpha value is -1.61. The van der Waals surface area contributed by atoms with E-state index in [1.807, 2.05) is 24.3 Å². The molecule has 0 bridgehead atoms. The van der Waals surface area contributed by atoms with E-state index in [1.54, 1.807) is 24.3 Å². The summed E-state index contributed by atoms with van der Waals surface area (Å²) in [6.07, 6.45) is 0. The highest BCUT2D eigenvalue weighted by Gasteiger charge is 2.17. The molecule has 21 heavy (non-hydrogen) atoms. The number of sulfone groups is 1. The van der Waals surface area contributed by atoms with E-state index in [0.29, 0.717) is 21.6 Å². The van der Waals surface area contributed by atoms with E-state index in [-0.39, 0.29) is 0 Å². The highest BCUT2D eigenvalue weighted by molar-refractivity contribution is 7.91. The molecule has 0 saturated heterocycles. The third-order valence-electron chi connectivity index (χ3n) is 3.71.